The lowest BCUT2D eigenvalue weighted by Crippen LogP contribution is -2.38. The summed E-state index contributed by atoms with van der Waals surface area (Å²) >= 11 is 1.28. The first-order valence-corrected chi connectivity index (χ1v) is 15.4. The van der Waals surface area contributed by atoms with Gasteiger partial charge in [-0.2, -0.15) is 4.99 Å². The number of hydrogen-bond acceptors (Lipinski definition) is 7. The second-order valence-corrected chi connectivity index (χ2v) is 13.3. The van der Waals surface area contributed by atoms with Gasteiger partial charge in [-0.05, 0) is 55.0 Å². The Bertz CT molecular complexity index is 1290. The Hall–Kier alpha value is -2.89. The molecule has 0 saturated carbocycles. The monoisotopic (exact) mass is 557 g/mol. The molecule has 38 heavy (non-hydrogen) atoms. The summed E-state index contributed by atoms with van der Waals surface area (Å²) in [7, 11) is -3.18. The minimum absolute atomic E-state index is 0.00404. The summed E-state index contributed by atoms with van der Waals surface area (Å²) in [5.41, 5.74) is 3.28. The first-order chi connectivity index (χ1) is 18.3. The molecule has 0 spiro atoms. The van der Waals surface area contributed by atoms with Crippen molar-refractivity contribution < 1.29 is 27.9 Å². The molecule has 0 aliphatic carbocycles. The van der Waals surface area contributed by atoms with Crippen LogP contribution in [0.5, 0.6) is 0 Å². The first kappa shape index (κ1) is 26.7. The van der Waals surface area contributed by atoms with E-state index in [1.165, 1.54) is 17.3 Å². The molecule has 0 bridgehead atoms. The number of nitrogens with zero attached hydrogens (tertiary/aromatic N) is 3. The zero-order valence-electron chi connectivity index (χ0n) is 20.9. The standard InChI is InChI=1S/C27H31N3O6S2/c31-25(15-36-16-26(32)33)28-27-30(23-17-38(34,35)18-24(23)37-27)22-8-6-21(7-9-22)29-12-10-20(11-13-29)14-19-4-2-1-3-5-19/h1-9,20,23-24H,10-18H2,(H,32,33)/t23-,24-/m0/s1. The predicted octanol–water partition coefficient (Wildman–Crippen LogP) is 2.85. The number of carbonyl (C=O) groups excluding carboxylic acids is 1. The van der Waals surface area contributed by atoms with Crippen molar-refractivity contribution in [2.75, 3.05) is 47.6 Å². The molecule has 3 aliphatic rings. The van der Waals surface area contributed by atoms with Gasteiger partial charge in [-0.15, -0.1) is 0 Å². The zero-order chi connectivity index (χ0) is 26.7. The number of fused-ring (bicyclic) bond motifs is 1. The van der Waals surface area contributed by atoms with Crippen molar-refractivity contribution in [1.29, 1.82) is 0 Å². The molecular formula is C27H31N3O6S2. The molecule has 0 radical (unpaired) electrons. The van der Waals surface area contributed by atoms with Gasteiger partial charge in [-0.1, -0.05) is 42.1 Å². The number of hydrogen-bond donors (Lipinski definition) is 1. The smallest absolute Gasteiger partial charge is 0.329 e. The normalized spacial score (nSPS) is 24.1. The highest BCUT2D eigenvalue weighted by Crippen LogP contribution is 2.41. The molecule has 3 aliphatic heterocycles. The number of aliphatic imine (C=N–C) groups is 1. The number of carboxylic acids is 1. The maximum absolute atomic E-state index is 12.3. The molecule has 0 aromatic heterocycles. The third-order valence-corrected chi connectivity index (χ3v) is 10.4. The first-order valence-electron chi connectivity index (χ1n) is 12.7. The van der Waals surface area contributed by atoms with E-state index in [1.807, 2.05) is 35.2 Å². The molecule has 2 atom stereocenters. The molecule has 5 rings (SSSR count). The van der Waals surface area contributed by atoms with Crippen LogP contribution >= 0.6 is 11.8 Å². The summed E-state index contributed by atoms with van der Waals surface area (Å²) < 4.78 is 29.5. The van der Waals surface area contributed by atoms with Crippen molar-refractivity contribution in [3.05, 3.63) is 60.2 Å². The summed E-state index contributed by atoms with van der Waals surface area (Å²) in [5.74, 6) is -1.05. The number of carboxylic acid groups (broad SMARTS) is 1. The largest absolute Gasteiger partial charge is 0.480 e. The minimum atomic E-state index is -3.18. The highest BCUT2D eigenvalue weighted by Gasteiger charge is 2.49. The van der Waals surface area contributed by atoms with Crippen LogP contribution in [0.4, 0.5) is 11.4 Å². The molecule has 1 N–H and O–H groups in total. The molecule has 202 valence electrons. The number of piperidine rings is 1. The van der Waals surface area contributed by atoms with Gasteiger partial charge in [0.1, 0.15) is 13.2 Å². The SMILES string of the molecule is O=C(O)COCC(=O)N=C1S[C@H]2CS(=O)(=O)C[C@@H]2N1c1ccc(N2CCC(Cc3ccccc3)CC2)cc1. The van der Waals surface area contributed by atoms with E-state index >= 15 is 0 Å². The predicted molar refractivity (Wildman–Crippen MR) is 149 cm³/mol. The summed E-state index contributed by atoms with van der Waals surface area (Å²) in [6.07, 6.45) is 3.36. The Morgan fingerprint density at radius 2 is 1.66 bits per heavy atom. The van der Waals surface area contributed by atoms with E-state index in [1.54, 1.807) is 0 Å². The Kier molecular flexibility index (Phi) is 8.06. The zero-order valence-corrected chi connectivity index (χ0v) is 22.6. The topological polar surface area (TPSA) is 117 Å². The lowest BCUT2D eigenvalue weighted by Gasteiger charge is -2.34. The molecule has 3 heterocycles. The Morgan fingerprint density at radius 3 is 2.34 bits per heavy atom. The number of amidine groups is 1. The number of aliphatic carboxylic acids is 1. The van der Waals surface area contributed by atoms with Crippen LogP contribution in [0, 0.1) is 5.92 Å². The molecule has 9 nitrogen and oxygen atoms in total. The number of ether oxygens (including phenoxy) is 1. The average molecular weight is 558 g/mol. The van der Waals surface area contributed by atoms with E-state index in [-0.39, 0.29) is 22.8 Å². The van der Waals surface area contributed by atoms with Gasteiger partial charge in [-0.3, -0.25) is 4.79 Å². The summed E-state index contributed by atoms with van der Waals surface area (Å²) in [4.78, 5) is 31.4. The number of rotatable bonds is 8. The third-order valence-electron chi connectivity index (χ3n) is 7.21. The summed E-state index contributed by atoms with van der Waals surface area (Å²) in [6, 6.07) is 18.3. The van der Waals surface area contributed by atoms with Crippen LogP contribution in [-0.2, 0) is 30.6 Å². The lowest BCUT2D eigenvalue weighted by molar-refractivity contribution is -0.143. The Labute approximate surface area is 226 Å². The number of carbonyl (C=O) groups is 2. The maximum atomic E-state index is 12.3. The summed E-state index contributed by atoms with van der Waals surface area (Å²) in [5, 5.41) is 8.92. The van der Waals surface area contributed by atoms with Crippen LogP contribution in [0.25, 0.3) is 0 Å². The second-order valence-electron chi connectivity index (χ2n) is 9.98. The van der Waals surface area contributed by atoms with E-state index in [4.69, 9.17) is 9.84 Å². The van der Waals surface area contributed by atoms with Gasteiger partial charge in [0.25, 0.3) is 5.91 Å². The van der Waals surface area contributed by atoms with E-state index < -0.39 is 34.9 Å². The fourth-order valence-corrected chi connectivity index (χ4v) is 9.33. The second kappa shape index (κ2) is 11.5. The number of sulfone groups is 1. The van der Waals surface area contributed by atoms with Gasteiger partial charge < -0.3 is 19.6 Å². The quantitative estimate of drug-likeness (QED) is 0.523. The molecule has 1 amide bonds. The van der Waals surface area contributed by atoms with Crippen LogP contribution in [0.2, 0.25) is 0 Å². The van der Waals surface area contributed by atoms with Gasteiger partial charge in [0.05, 0.1) is 17.5 Å². The number of anilines is 2. The van der Waals surface area contributed by atoms with Gasteiger partial charge >= 0.3 is 5.97 Å². The van der Waals surface area contributed by atoms with Gasteiger partial charge in [-0.25, -0.2) is 13.2 Å². The number of thioether (sulfide) groups is 1. The minimum Gasteiger partial charge on any atom is -0.480 e. The van der Waals surface area contributed by atoms with Crippen molar-refractivity contribution in [3.63, 3.8) is 0 Å². The lowest BCUT2D eigenvalue weighted by atomic mass is 9.90. The number of benzene rings is 2. The third kappa shape index (κ3) is 6.39. The highest BCUT2D eigenvalue weighted by molar-refractivity contribution is 8.16. The van der Waals surface area contributed by atoms with Crippen molar-refractivity contribution in [3.8, 4) is 0 Å². The Morgan fingerprint density at radius 1 is 0.974 bits per heavy atom. The van der Waals surface area contributed by atoms with E-state index in [2.05, 4.69) is 34.2 Å². The molecule has 2 aromatic carbocycles. The number of amides is 1. The molecular weight excluding hydrogens is 526 g/mol. The van der Waals surface area contributed by atoms with Crippen LogP contribution in [0.15, 0.2) is 59.6 Å². The van der Waals surface area contributed by atoms with E-state index in [9.17, 15) is 18.0 Å². The van der Waals surface area contributed by atoms with Crippen LogP contribution in [0.1, 0.15) is 18.4 Å². The summed E-state index contributed by atoms with van der Waals surface area (Å²) in [6.45, 7) is 0.937. The van der Waals surface area contributed by atoms with Crippen LogP contribution in [-0.4, -0.2) is 79.7 Å². The van der Waals surface area contributed by atoms with Crippen molar-refractivity contribution in [2.24, 2.45) is 10.9 Å². The van der Waals surface area contributed by atoms with Gasteiger partial charge in [0.15, 0.2) is 15.0 Å². The maximum Gasteiger partial charge on any atom is 0.329 e. The van der Waals surface area contributed by atoms with Gasteiger partial charge in [0, 0.05) is 29.7 Å². The molecule has 11 heteroatoms. The van der Waals surface area contributed by atoms with E-state index in [0.29, 0.717) is 11.1 Å². The molecule has 0 unspecified atom stereocenters. The fraction of sp³-hybridized carbons (Fsp3) is 0.444. The molecule has 3 fully saturated rings. The molecule has 3 saturated heterocycles. The Balaban J connectivity index is 1.26. The van der Waals surface area contributed by atoms with Crippen molar-refractivity contribution in [2.45, 2.75) is 30.6 Å². The van der Waals surface area contributed by atoms with Crippen LogP contribution < -0.4 is 9.80 Å². The van der Waals surface area contributed by atoms with Gasteiger partial charge in [0.2, 0.25) is 0 Å². The average Bonchev–Trinajstić information content (AvgIpc) is 3.35. The van der Waals surface area contributed by atoms with Crippen molar-refractivity contribution in [1.82, 2.24) is 0 Å². The highest BCUT2D eigenvalue weighted by atomic mass is 32.2. The molecule has 2 aromatic rings. The van der Waals surface area contributed by atoms with E-state index in [0.717, 1.165) is 43.7 Å². The fourth-order valence-electron chi connectivity index (χ4n) is 5.40. The van der Waals surface area contributed by atoms with Crippen LogP contribution in [0.3, 0.4) is 0 Å². The van der Waals surface area contributed by atoms with Crippen molar-refractivity contribution >= 4 is 50.0 Å².